The molecule has 0 aromatic carbocycles. The fourth-order valence-electron chi connectivity index (χ4n) is 1.63. The predicted octanol–water partition coefficient (Wildman–Crippen LogP) is -0.0119. The van der Waals surface area contributed by atoms with Crippen LogP contribution in [0.4, 0.5) is 0 Å². The van der Waals surface area contributed by atoms with Gasteiger partial charge in [0.05, 0.1) is 33.3 Å². The largest absolute Gasteiger partial charge is 0.479 e. The Hall–Kier alpha value is -1.48. The topological polar surface area (TPSA) is 103 Å². The lowest BCUT2D eigenvalue weighted by atomic mass is 10.5. The van der Waals surface area contributed by atoms with Crippen LogP contribution in [-0.2, 0) is 4.74 Å². The molecule has 0 unspecified atom stereocenters. The number of hydrogen-bond acceptors (Lipinski definition) is 7. The highest BCUT2D eigenvalue weighted by molar-refractivity contribution is 6.28. The van der Waals surface area contributed by atoms with E-state index in [4.69, 9.17) is 26.2 Å². The minimum absolute atomic E-state index is 0.00458. The lowest BCUT2D eigenvalue weighted by Crippen LogP contribution is -2.18. The van der Waals surface area contributed by atoms with E-state index in [1.807, 2.05) is 0 Å². The molecule has 2 rings (SSSR count). The van der Waals surface area contributed by atoms with Crippen molar-refractivity contribution in [2.45, 2.75) is 6.23 Å². The molecule has 0 saturated heterocycles. The first-order chi connectivity index (χ1) is 9.21. The number of rotatable bonds is 6. The highest BCUT2D eigenvalue weighted by Gasteiger charge is 2.18. The van der Waals surface area contributed by atoms with Crippen LogP contribution >= 0.6 is 11.6 Å². The Bertz CT molecular complexity index is 562. The zero-order valence-corrected chi connectivity index (χ0v) is 10.9. The quantitative estimate of drug-likeness (QED) is 0.721. The standard InChI is InChI=1S/C10H13ClN4O4/c1-18-9-7-8(13-10(11)14-9)15(5-12-7)6(4-17)19-3-2-16/h5-6,16-17H,2-4H2,1H3/t6-/m1/s1. The molecule has 8 nitrogen and oxygen atoms in total. The molecule has 0 saturated carbocycles. The Morgan fingerprint density at radius 3 is 2.84 bits per heavy atom. The summed E-state index contributed by atoms with van der Waals surface area (Å²) < 4.78 is 11.8. The number of aliphatic hydroxyl groups excluding tert-OH is 2. The Kier molecular flexibility index (Phi) is 4.48. The molecule has 2 aromatic rings. The minimum Gasteiger partial charge on any atom is -0.479 e. The van der Waals surface area contributed by atoms with Crippen LogP contribution < -0.4 is 4.74 Å². The smallest absolute Gasteiger partial charge is 0.246 e. The highest BCUT2D eigenvalue weighted by atomic mass is 35.5. The average molecular weight is 289 g/mol. The van der Waals surface area contributed by atoms with Crippen molar-refractivity contribution in [3.63, 3.8) is 0 Å². The van der Waals surface area contributed by atoms with Gasteiger partial charge in [0.1, 0.15) is 0 Å². The fourth-order valence-corrected chi connectivity index (χ4v) is 1.78. The summed E-state index contributed by atoms with van der Waals surface area (Å²) in [6.45, 7) is -0.363. The average Bonchev–Trinajstić information content (AvgIpc) is 2.82. The van der Waals surface area contributed by atoms with Gasteiger partial charge in [-0.15, -0.1) is 0 Å². The second kappa shape index (κ2) is 6.11. The van der Waals surface area contributed by atoms with Gasteiger partial charge >= 0.3 is 0 Å². The molecule has 1 atom stereocenters. The number of halogens is 1. The van der Waals surface area contributed by atoms with E-state index in [0.29, 0.717) is 11.2 Å². The normalized spacial score (nSPS) is 12.8. The molecule has 9 heteroatoms. The molecule has 0 amide bonds. The van der Waals surface area contributed by atoms with Crippen LogP contribution in [0, 0.1) is 0 Å². The molecular formula is C10H13ClN4O4. The number of imidazole rings is 1. The van der Waals surface area contributed by atoms with Crippen molar-refractivity contribution >= 4 is 22.8 Å². The maximum Gasteiger partial charge on any atom is 0.246 e. The van der Waals surface area contributed by atoms with Crippen LogP contribution in [0.5, 0.6) is 5.88 Å². The third kappa shape index (κ3) is 2.76. The molecule has 0 bridgehead atoms. The number of ether oxygens (including phenoxy) is 2. The van der Waals surface area contributed by atoms with Gasteiger partial charge in [0.15, 0.2) is 17.4 Å². The zero-order chi connectivity index (χ0) is 13.8. The maximum atomic E-state index is 9.32. The number of aromatic nitrogens is 4. The zero-order valence-electron chi connectivity index (χ0n) is 10.2. The number of nitrogens with zero attached hydrogens (tertiary/aromatic N) is 4. The number of methoxy groups -OCH3 is 1. The van der Waals surface area contributed by atoms with Crippen LogP contribution in [0.3, 0.4) is 0 Å². The summed E-state index contributed by atoms with van der Waals surface area (Å²) in [4.78, 5) is 12.0. The summed E-state index contributed by atoms with van der Waals surface area (Å²) in [6, 6.07) is 0. The molecule has 104 valence electrons. The van der Waals surface area contributed by atoms with Crippen molar-refractivity contribution in [1.82, 2.24) is 19.5 Å². The van der Waals surface area contributed by atoms with Crippen molar-refractivity contribution < 1.29 is 19.7 Å². The first-order valence-corrected chi connectivity index (χ1v) is 5.86. The number of aliphatic hydroxyl groups is 2. The summed E-state index contributed by atoms with van der Waals surface area (Å²) in [7, 11) is 1.45. The molecule has 2 N–H and O–H groups in total. The van der Waals surface area contributed by atoms with Gasteiger partial charge in [-0.2, -0.15) is 9.97 Å². The second-order valence-corrected chi connectivity index (χ2v) is 3.90. The van der Waals surface area contributed by atoms with Crippen molar-refractivity contribution in [1.29, 1.82) is 0 Å². The van der Waals surface area contributed by atoms with Gasteiger partial charge < -0.3 is 19.7 Å². The van der Waals surface area contributed by atoms with Gasteiger partial charge in [0.25, 0.3) is 0 Å². The molecule has 0 spiro atoms. The molecule has 0 aliphatic heterocycles. The van der Waals surface area contributed by atoms with Gasteiger partial charge in [-0.3, -0.25) is 4.57 Å². The SMILES string of the molecule is COc1nc(Cl)nc2c1ncn2[C@@H](CO)OCCO. The van der Waals surface area contributed by atoms with Gasteiger partial charge in [-0.25, -0.2) is 4.98 Å². The van der Waals surface area contributed by atoms with E-state index >= 15 is 0 Å². The molecule has 0 aliphatic rings. The Morgan fingerprint density at radius 2 is 2.21 bits per heavy atom. The van der Waals surface area contributed by atoms with Crippen LogP contribution in [0.15, 0.2) is 6.33 Å². The van der Waals surface area contributed by atoms with E-state index in [1.54, 1.807) is 0 Å². The Morgan fingerprint density at radius 1 is 1.42 bits per heavy atom. The third-order valence-electron chi connectivity index (χ3n) is 2.42. The van der Waals surface area contributed by atoms with E-state index in [-0.39, 0.29) is 31.0 Å². The Labute approximate surface area is 113 Å². The number of fused-ring (bicyclic) bond motifs is 1. The first kappa shape index (κ1) is 13.9. The van der Waals surface area contributed by atoms with E-state index in [1.165, 1.54) is 18.0 Å². The molecule has 0 aliphatic carbocycles. The van der Waals surface area contributed by atoms with Crippen LogP contribution in [0.1, 0.15) is 6.23 Å². The summed E-state index contributed by atoms with van der Waals surface area (Å²) in [6.07, 6.45) is 0.726. The lowest BCUT2D eigenvalue weighted by Gasteiger charge is -2.16. The Balaban J connectivity index is 2.46. The first-order valence-electron chi connectivity index (χ1n) is 5.48. The molecule has 0 fully saturated rings. The molecule has 0 radical (unpaired) electrons. The third-order valence-corrected chi connectivity index (χ3v) is 2.59. The summed E-state index contributed by atoms with van der Waals surface area (Å²) in [5.74, 6) is 0.243. The molecular weight excluding hydrogens is 276 g/mol. The minimum atomic E-state index is -0.715. The van der Waals surface area contributed by atoms with E-state index < -0.39 is 6.23 Å². The van der Waals surface area contributed by atoms with Crippen molar-refractivity contribution in [3.8, 4) is 5.88 Å². The van der Waals surface area contributed by atoms with Gasteiger partial charge in [-0.05, 0) is 11.6 Å². The van der Waals surface area contributed by atoms with Gasteiger partial charge in [-0.1, -0.05) is 0 Å². The second-order valence-electron chi connectivity index (χ2n) is 3.56. The van der Waals surface area contributed by atoms with E-state index in [0.717, 1.165) is 0 Å². The molecule has 19 heavy (non-hydrogen) atoms. The van der Waals surface area contributed by atoms with Crippen molar-refractivity contribution in [2.75, 3.05) is 26.9 Å². The lowest BCUT2D eigenvalue weighted by molar-refractivity contribution is -0.0444. The van der Waals surface area contributed by atoms with Gasteiger partial charge in [0, 0.05) is 0 Å². The van der Waals surface area contributed by atoms with E-state index in [2.05, 4.69) is 15.0 Å². The van der Waals surface area contributed by atoms with Crippen molar-refractivity contribution in [3.05, 3.63) is 11.6 Å². The fraction of sp³-hybridized carbons (Fsp3) is 0.500. The molecule has 2 heterocycles. The van der Waals surface area contributed by atoms with Crippen LogP contribution in [0.2, 0.25) is 5.28 Å². The summed E-state index contributed by atoms with van der Waals surface area (Å²) in [5.41, 5.74) is 0.798. The van der Waals surface area contributed by atoms with Gasteiger partial charge in [0.2, 0.25) is 11.2 Å². The number of hydrogen-bond donors (Lipinski definition) is 2. The summed E-state index contributed by atoms with van der Waals surface area (Å²) in [5, 5.41) is 18.1. The highest BCUT2D eigenvalue weighted by Crippen LogP contribution is 2.24. The van der Waals surface area contributed by atoms with Crippen molar-refractivity contribution in [2.24, 2.45) is 0 Å². The van der Waals surface area contributed by atoms with E-state index in [9.17, 15) is 5.11 Å². The predicted molar refractivity (Wildman–Crippen MR) is 66.0 cm³/mol. The maximum absolute atomic E-state index is 9.32. The monoisotopic (exact) mass is 288 g/mol. The van der Waals surface area contributed by atoms with Crippen LogP contribution in [0.25, 0.3) is 11.2 Å². The summed E-state index contributed by atoms with van der Waals surface area (Å²) >= 11 is 5.80. The molecule has 2 aromatic heterocycles. The van der Waals surface area contributed by atoms with Crippen LogP contribution in [-0.4, -0.2) is 56.7 Å².